The molecule has 0 radical (unpaired) electrons. The van der Waals surface area contributed by atoms with Crippen molar-refractivity contribution < 1.29 is 9.53 Å². The van der Waals surface area contributed by atoms with E-state index in [1.165, 1.54) is 0 Å². The zero-order chi connectivity index (χ0) is 15.9. The highest BCUT2D eigenvalue weighted by atomic mass is 35.5. The van der Waals surface area contributed by atoms with Gasteiger partial charge in [0.05, 0.1) is 0 Å². The third-order valence-electron chi connectivity index (χ3n) is 3.11. The number of para-hydroxylation sites is 1. The van der Waals surface area contributed by atoms with Crippen LogP contribution >= 0.6 is 23.4 Å². The van der Waals surface area contributed by atoms with Gasteiger partial charge in [-0.15, -0.1) is 11.8 Å². The second kappa shape index (κ2) is 8.11. The minimum Gasteiger partial charge on any atom is -0.448 e. The monoisotopic (exact) mass is 335 g/mol. The first-order valence-corrected chi connectivity index (χ1v) is 8.31. The Balaban J connectivity index is 1.75. The summed E-state index contributed by atoms with van der Waals surface area (Å²) in [4.78, 5) is 12.9. The highest BCUT2D eigenvalue weighted by Crippen LogP contribution is 2.21. The molecule has 0 saturated carbocycles. The fourth-order valence-corrected chi connectivity index (χ4v) is 2.83. The number of aryl methyl sites for hydroxylation is 2. The summed E-state index contributed by atoms with van der Waals surface area (Å²) < 4.78 is 5.20. The average molecular weight is 336 g/mol. The van der Waals surface area contributed by atoms with E-state index >= 15 is 0 Å². The fourth-order valence-electron chi connectivity index (χ4n) is 1.97. The number of hydrogen-bond acceptors (Lipinski definition) is 3. The van der Waals surface area contributed by atoms with E-state index in [4.69, 9.17) is 16.3 Å². The molecule has 5 heteroatoms. The molecule has 0 aliphatic heterocycles. The van der Waals surface area contributed by atoms with Gasteiger partial charge in [-0.1, -0.05) is 29.8 Å². The van der Waals surface area contributed by atoms with Crippen LogP contribution in [0.2, 0.25) is 5.02 Å². The van der Waals surface area contributed by atoms with Crippen molar-refractivity contribution in [3.63, 3.8) is 0 Å². The van der Waals surface area contributed by atoms with Gasteiger partial charge in [0.1, 0.15) is 6.61 Å². The summed E-state index contributed by atoms with van der Waals surface area (Å²) in [5, 5.41) is 3.51. The molecule has 0 heterocycles. The Labute approximate surface area is 140 Å². The van der Waals surface area contributed by atoms with Crippen LogP contribution in [0.1, 0.15) is 11.1 Å². The van der Waals surface area contributed by atoms with Crippen LogP contribution in [-0.4, -0.2) is 18.5 Å². The van der Waals surface area contributed by atoms with E-state index in [-0.39, 0.29) is 0 Å². The molecule has 2 aromatic rings. The SMILES string of the molecule is Cc1cccc(C)c1NC(=O)OCCSc1ccc(Cl)cc1. The molecule has 0 aliphatic rings. The number of anilines is 1. The Kier molecular flexibility index (Phi) is 6.16. The Morgan fingerprint density at radius 1 is 1.14 bits per heavy atom. The summed E-state index contributed by atoms with van der Waals surface area (Å²) in [6.45, 7) is 4.27. The summed E-state index contributed by atoms with van der Waals surface area (Å²) in [6, 6.07) is 13.5. The molecule has 0 aromatic heterocycles. The molecule has 0 saturated heterocycles. The van der Waals surface area contributed by atoms with Crippen molar-refractivity contribution in [3.05, 3.63) is 58.6 Å². The Hall–Kier alpha value is -1.65. The van der Waals surface area contributed by atoms with E-state index in [1.807, 2.05) is 56.3 Å². The molecule has 1 amide bonds. The van der Waals surface area contributed by atoms with Crippen molar-refractivity contribution >= 4 is 35.1 Å². The quantitative estimate of drug-likeness (QED) is 0.595. The van der Waals surface area contributed by atoms with E-state index in [9.17, 15) is 4.79 Å². The maximum Gasteiger partial charge on any atom is 0.411 e. The summed E-state index contributed by atoms with van der Waals surface area (Å²) >= 11 is 7.45. The minimum absolute atomic E-state index is 0.351. The zero-order valence-electron chi connectivity index (χ0n) is 12.6. The lowest BCUT2D eigenvalue weighted by molar-refractivity contribution is 0.169. The van der Waals surface area contributed by atoms with Gasteiger partial charge >= 0.3 is 6.09 Å². The lowest BCUT2D eigenvalue weighted by Gasteiger charge is -2.11. The molecule has 0 bridgehead atoms. The van der Waals surface area contributed by atoms with Crippen LogP contribution in [0.3, 0.4) is 0 Å². The van der Waals surface area contributed by atoms with Crippen LogP contribution in [0, 0.1) is 13.8 Å². The summed E-state index contributed by atoms with van der Waals surface area (Å²) in [6.07, 6.45) is -0.422. The highest BCUT2D eigenvalue weighted by molar-refractivity contribution is 7.99. The molecule has 0 unspecified atom stereocenters. The molecule has 3 nitrogen and oxygen atoms in total. The van der Waals surface area contributed by atoms with Crippen molar-refractivity contribution in [1.82, 2.24) is 0 Å². The molecule has 0 spiro atoms. The van der Waals surface area contributed by atoms with Crippen molar-refractivity contribution in [3.8, 4) is 0 Å². The molecule has 1 N–H and O–H groups in total. The summed E-state index contributed by atoms with van der Waals surface area (Å²) in [5.41, 5.74) is 2.86. The van der Waals surface area contributed by atoms with Crippen LogP contribution in [0.15, 0.2) is 47.4 Å². The normalized spacial score (nSPS) is 10.3. The van der Waals surface area contributed by atoms with Gasteiger partial charge in [-0.25, -0.2) is 4.79 Å². The van der Waals surface area contributed by atoms with Gasteiger partial charge in [0, 0.05) is 21.4 Å². The third-order valence-corrected chi connectivity index (χ3v) is 4.34. The van der Waals surface area contributed by atoms with Gasteiger partial charge in [-0.05, 0) is 49.2 Å². The Morgan fingerprint density at radius 2 is 1.77 bits per heavy atom. The maximum atomic E-state index is 11.8. The van der Waals surface area contributed by atoms with E-state index in [2.05, 4.69) is 5.32 Å². The molecule has 22 heavy (non-hydrogen) atoms. The number of ether oxygens (including phenoxy) is 1. The third kappa shape index (κ3) is 4.97. The topological polar surface area (TPSA) is 38.3 Å². The summed E-state index contributed by atoms with van der Waals surface area (Å²) in [5.74, 6) is 0.696. The second-order valence-electron chi connectivity index (χ2n) is 4.83. The standard InChI is InChI=1S/C17H18ClNO2S/c1-12-4-3-5-13(2)16(12)19-17(20)21-10-11-22-15-8-6-14(18)7-9-15/h3-9H,10-11H2,1-2H3,(H,19,20). The van der Waals surface area contributed by atoms with Crippen LogP contribution in [-0.2, 0) is 4.74 Å². The van der Waals surface area contributed by atoms with E-state index in [0.717, 1.165) is 21.7 Å². The molecule has 0 fully saturated rings. The number of nitrogens with one attached hydrogen (secondary N) is 1. The second-order valence-corrected chi connectivity index (χ2v) is 6.43. The first-order chi connectivity index (χ1) is 10.6. The Morgan fingerprint density at radius 3 is 2.41 bits per heavy atom. The van der Waals surface area contributed by atoms with Gasteiger partial charge in [0.25, 0.3) is 0 Å². The van der Waals surface area contributed by atoms with Crippen LogP contribution in [0.25, 0.3) is 0 Å². The van der Waals surface area contributed by atoms with E-state index in [0.29, 0.717) is 17.4 Å². The number of benzene rings is 2. The van der Waals surface area contributed by atoms with Crippen molar-refractivity contribution in [1.29, 1.82) is 0 Å². The van der Waals surface area contributed by atoms with Crippen molar-refractivity contribution in [2.45, 2.75) is 18.7 Å². The molecule has 2 aromatic carbocycles. The number of hydrogen-bond donors (Lipinski definition) is 1. The molecular weight excluding hydrogens is 318 g/mol. The first-order valence-electron chi connectivity index (χ1n) is 6.94. The zero-order valence-corrected chi connectivity index (χ0v) is 14.1. The average Bonchev–Trinajstić information content (AvgIpc) is 2.49. The predicted octanol–water partition coefficient (Wildman–Crippen LogP) is 5.30. The predicted molar refractivity (Wildman–Crippen MR) is 93.1 cm³/mol. The molecule has 2 rings (SSSR count). The lowest BCUT2D eigenvalue weighted by atomic mass is 10.1. The number of thioether (sulfide) groups is 1. The van der Waals surface area contributed by atoms with Crippen LogP contribution in [0.5, 0.6) is 0 Å². The van der Waals surface area contributed by atoms with Gasteiger partial charge in [-0.3, -0.25) is 5.32 Å². The molecular formula is C17H18ClNO2S. The van der Waals surface area contributed by atoms with Crippen LogP contribution in [0.4, 0.5) is 10.5 Å². The minimum atomic E-state index is -0.422. The first kappa shape index (κ1) is 16.7. The molecule has 0 atom stereocenters. The van der Waals surface area contributed by atoms with Gasteiger partial charge in [-0.2, -0.15) is 0 Å². The van der Waals surface area contributed by atoms with Crippen LogP contribution < -0.4 is 5.32 Å². The van der Waals surface area contributed by atoms with Gasteiger partial charge in [0.15, 0.2) is 0 Å². The number of carbonyl (C=O) groups excluding carboxylic acids is 1. The van der Waals surface area contributed by atoms with Crippen molar-refractivity contribution in [2.75, 3.05) is 17.7 Å². The van der Waals surface area contributed by atoms with Gasteiger partial charge < -0.3 is 4.74 Å². The molecule has 0 aliphatic carbocycles. The maximum absolute atomic E-state index is 11.8. The smallest absolute Gasteiger partial charge is 0.411 e. The lowest BCUT2D eigenvalue weighted by Crippen LogP contribution is -2.16. The van der Waals surface area contributed by atoms with Crippen molar-refractivity contribution in [2.24, 2.45) is 0 Å². The Bertz CT molecular complexity index is 623. The number of halogens is 1. The molecule has 116 valence electrons. The van der Waals surface area contributed by atoms with Gasteiger partial charge in [0.2, 0.25) is 0 Å². The number of rotatable bonds is 5. The largest absolute Gasteiger partial charge is 0.448 e. The number of carbonyl (C=O) groups is 1. The fraction of sp³-hybridized carbons (Fsp3) is 0.235. The van der Waals surface area contributed by atoms with E-state index in [1.54, 1.807) is 11.8 Å². The highest BCUT2D eigenvalue weighted by Gasteiger charge is 2.07. The summed E-state index contributed by atoms with van der Waals surface area (Å²) in [7, 11) is 0. The number of amides is 1. The van der Waals surface area contributed by atoms with E-state index < -0.39 is 6.09 Å².